The van der Waals surface area contributed by atoms with Gasteiger partial charge in [-0.05, 0) is 45.4 Å². The standard InChI is InChI=1S/C13H19N3O2S2/c1-9(15(2)3)8-16-10-6-5-7-11(20(4,17)18)12(10)14-13(16)19/h5-7,9H,8H2,1-4H3,(H,14,19). The van der Waals surface area contributed by atoms with Gasteiger partial charge in [0.05, 0.1) is 15.9 Å². The molecule has 20 heavy (non-hydrogen) atoms. The molecule has 0 bridgehead atoms. The number of rotatable bonds is 4. The van der Waals surface area contributed by atoms with Gasteiger partial charge >= 0.3 is 0 Å². The molecule has 0 saturated heterocycles. The number of para-hydroxylation sites is 1. The summed E-state index contributed by atoms with van der Waals surface area (Å²) in [5.74, 6) is 0. The molecule has 1 unspecified atom stereocenters. The maximum Gasteiger partial charge on any atom is 0.178 e. The van der Waals surface area contributed by atoms with Crippen LogP contribution in [0.15, 0.2) is 23.1 Å². The van der Waals surface area contributed by atoms with Crippen molar-refractivity contribution < 1.29 is 8.42 Å². The second kappa shape index (κ2) is 5.31. The summed E-state index contributed by atoms with van der Waals surface area (Å²) in [6.07, 6.45) is 1.21. The summed E-state index contributed by atoms with van der Waals surface area (Å²) in [5, 5.41) is 0. The number of hydrogen-bond acceptors (Lipinski definition) is 4. The van der Waals surface area contributed by atoms with Gasteiger partial charge in [-0.15, -0.1) is 0 Å². The van der Waals surface area contributed by atoms with E-state index in [0.29, 0.717) is 22.9 Å². The van der Waals surface area contributed by atoms with E-state index in [9.17, 15) is 8.42 Å². The van der Waals surface area contributed by atoms with Crippen molar-refractivity contribution in [3.63, 3.8) is 0 Å². The van der Waals surface area contributed by atoms with E-state index in [-0.39, 0.29) is 4.90 Å². The summed E-state index contributed by atoms with van der Waals surface area (Å²) in [6, 6.07) is 5.53. The van der Waals surface area contributed by atoms with E-state index >= 15 is 0 Å². The van der Waals surface area contributed by atoms with Crippen molar-refractivity contribution in [1.29, 1.82) is 0 Å². The second-order valence-electron chi connectivity index (χ2n) is 5.28. The summed E-state index contributed by atoms with van der Waals surface area (Å²) in [5.41, 5.74) is 1.41. The van der Waals surface area contributed by atoms with Gasteiger partial charge in [0.2, 0.25) is 0 Å². The molecule has 1 heterocycles. The van der Waals surface area contributed by atoms with Gasteiger partial charge in [0.25, 0.3) is 0 Å². The van der Waals surface area contributed by atoms with Gasteiger partial charge in [-0.1, -0.05) is 6.07 Å². The van der Waals surface area contributed by atoms with Crippen molar-refractivity contribution >= 4 is 33.1 Å². The van der Waals surface area contributed by atoms with Crippen LogP contribution >= 0.6 is 12.2 Å². The van der Waals surface area contributed by atoms with Gasteiger partial charge in [0.1, 0.15) is 0 Å². The van der Waals surface area contributed by atoms with Crippen LogP contribution in [-0.4, -0.2) is 49.3 Å². The number of aromatic nitrogens is 2. The molecular weight excluding hydrogens is 294 g/mol. The van der Waals surface area contributed by atoms with Crippen molar-refractivity contribution in [2.45, 2.75) is 24.4 Å². The number of likely N-dealkylation sites (N-methyl/N-ethyl adjacent to an activating group) is 1. The van der Waals surface area contributed by atoms with Gasteiger partial charge in [0, 0.05) is 18.8 Å². The highest BCUT2D eigenvalue weighted by Crippen LogP contribution is 2.23. The number of imidazole rings is 1. The monoisotopic (exact) mass is 313 g/mol. The quantitative estimate of drug-likeness (QED) is 0.878. The van der Waals surface area contributed by atoms with Crippen molar-refractivity contribution in [3.05, 3.63) is 23.0 Å². The fourth-order valence-corrected chi connectivity index (χ4v) is 3.20. The zero-order valence-electron chi connectivity index (χ0n) is 12.0. The number of H-pyrrole nitrogens is 1. The smallest absolute Gasteiger partial charge is 0.178 e. The Labute approximate surface area is 124 Å². The lowest BCUT2D eigenvalue weighted by molar-refractivity contribution is 0.285. The van der Waals surface area contributed by atoms with Crippen LogP contribution in [0.2, 0.25) is 0 Å². The van der Waals surface area contributed by atoms with Crippen LogP contribution in [0.3, 0.4) is 0 Å². The van der Waals surface area contributed by atoms with Crippen molar-refractivity contribution in [2.75, 3.05) is 20.4 Å². The Morgan fingerprint density at radius 3 is 2.60 bits per heavy atom. The lowest BCUT2D eigenvalue weighted by Crippen LogP contribution is -2.29. The number of benzene rings is 1. The first-order chi connectivity index (χ1) is 9.21. The Morgan fingerprint density at radius 1 is 1.40 bits per heavy atom. The van der Waals surface area contributed by atoms with Crippen molar-refractivity contribution in [2.24, 2.45) is 0 Å². The number of fused-ring (bicyclic) bond motifs is 1. The van der Waals surface area contributed by atoms with E-state index in [1.54, 1.807) is 12.1 Å². The largest absolute Gasteiger partial charge is 0.329 e. The van der Waals surface area contributed by atoms with Gasteiger partial charge in [-0.25, -0.2) is 8.42 Å². The number of sulfone groups is 1. The van der Waals surface area contributed by atoms with Crippen LogP contribution in [0.5, 0.6) is 0 Å². The average molecular weight is 313 g/mol. The third kappa shape index (κ3) is 2.79. The van der Waals surface area contributed by atoms with Crippen LogP contribution in [0.4, 0.5) is 0 Å². The molecule has 2 rings (SSSR count). The summed E-state index contributed by atoms with van der Waals surface area (Å²) in [4.78, 5) is 5.41. The first-order valence-electron chi connectivity index (χ1n) is 6.30. The fraction of sp³-hybridized carbons (Fsp3) is 0.462. The molecule has 0 aliphatic rings. The minimum atomic E-state index is -3.28. The highest BCUT2D eigenvalue weighted by molar-refractivity contribution is 7.91. The molecule has 2 aromatic rings. The molecule has 1 atom stereocenters. The zero-order valence-corrected chi connectivity index (χ0v) is 13.7. The topological polar surface area (TPSA) is 58.1 Å². The van der Waals surface area contributed by atoms with Crippen LogP contribution in [-0.2, 0) is 16.4 Å². The predicted molar refractivity (Wildman–Crippen MR) is 83.4 cm³/mol. The molecule has 5 nitrogen and oxygen atoms in total. The fourth-order valence-electron chi connectivity index (χ4n) is 2.07. The molecule has 1 aromatic carbocycles. The zero-order chi connectivity index (χ0) is 15.1. The molecule has 0 aliphatic heterocycles. The molecular formula is C13H19N3O2S2. The summed E-state index contributed by atoms with van der Waals surface area (Å²) < 4.78 is 26.1. The molecule has 0 fully saturated rings. The highest BCUT2D eigenvalue weighted by Gasteiger charge is 2.16. The van der Waals surface area contributed by atoms with E-state index in [4.69, 9.17) is 12.2 Å². The Hall–Kier alpha value is -1.18. The Kier molecular flexibility index (Phi) is 4.04. The SMILES string of the molecule is CC(Cn1c(=S)[nH]c2c(S(C)(=O)=O)cccc21)N(C)C. The van der Waals surface area contributed by atoms with E-state index in [2.05, 4.69) is 16.8 Å². The predicted octanol–water partition coefficient (Wildman–Crippen LogP) is 2.05. The Balaban J connectivity index is 2.65. The van der Waals surface area contributed by atoms with E-state index in [0.717, 1.165) is 5.52 Å². The van der Waals surface area contributed by atoms with Gasteiger partial charge in [-0.2, -0.15) is 0 Å². The third-order valence-corrected chi connectivity index (χ3v) is 4.96. The molecule has 1 aromatic heterocycles. The number of nitrogens with zero attached hydrogens (tertiary/aromatic N) is 2. The van der Waals surface area contributed by atoms with Crippen LogP contribution in [0.1, 0.15) is 6.92 Å². The molecule has 0 amide bonds. The highest BCUT2D eigenvalue weighted by atomic mass is 32.2. The first-order valence-corrected chi connectivity index (χ1v) is 8.60. The maximum atomic E-state index is 11.8. The van der Waals surface area contributed by atoms with Crippen LogP contribution in [0, 0.1) is 4.77 Å². The van der Waals surface area contributed by atoms with E-state index in [1.807, 2.05) is 24.7 Å². The van der Waals surface area contributed by atoms with Gasteiger partial charge < -0.3 is 14.5 Å². The molecule has 0 saturated carbocycles. The first kappa shape index (κ1) is 15.2. The maximum absolute atomic E-state index is 11.8. The molecule has 1 N–H and O–H groups in total. The minimum Gasteiger partial charge on any atom is -0.329 e. The van der Waals surface area contributed by atoms with Crippen LogP contribution < -0.4 is 0 Å². The van der Waals surface area contributed by atoms with Crippen LogP contribution in [0.25, 0.3) is 11.0 Å². The average Bonchev–Trinajstić information content (AvgIpc) is 2.64. The minimum absolute atomic E-state index is 0.289. The van der Waals surface area contributed by atoms with Crippen molar-refractivity contribution in [3.8, 4) is 0 Å². The Bertz CT molecular complexity index is 788. The summed E-state index contributed by atoms with van der Waals surface area (Å²) in [6.45, 7) is 2.81. The van der Waals surface area contributed by atoms with E-state index in [1.165, 1.54) is 6.26 Å². The molecule has 110 valence electrons. The Morgan fingerprint density at radius 2 is 2.05 bits per heavy atom. The lowest BCUT2D eigenvalue weighted by Gasteiger charge is -2.20. The van der Waals surface area contributed by atoms with Crippen molar-refractivity contribution in [1.82, 2.24) is 14.5 Å². The number of nitrogens with one attached hydrogen (secondary N) is 1. The molecule has 0 spiro atoms. The number of aromatic amines is 1. The third-order valence-electron chi connectivity index (χ3n) is 3.50. The number of hydrogen-bond donors (Lipinski definition) is 1. The summed E-state index contributed by atoms with van der Waals surface area (Å²) >= 11 is 5.33. The van der Waals surface area contributed by atoms with Gasteiger partial charge in [0.15, 0.2) is 14.6 Å². The van der Waals surface area contributed by atoms with E-state index < -0.39 is 9.84 Å². The van der Waals surface area contributed by atoms with Gasteiger partial charge in [-0.3, -0.25) is 0 Å². The normalized spacial score (nSPS) is 14.1. The lowest BCUT2D eigenvalue weighted by atomic mass is 10.3. The molecule has 7 heteroatoms. The molecule has 0 radical (unpaired) electrons. The second-order valence-corrected chi connectivity index (χ2v) is 7.65. The summed E-state index contributed by atoms with van der Waals surface area (Å²) in [7, 11) is 0.731. The molecule has 0 aliphatic carbocycles.